The first-order valence-corrected chi connectivity index (χ1v) is 6.45. The van der Waals surface area contributed by atoms with Gasteiger partial charge in [-0.15, -0.1) is 0 Å². The Kier molecular flexibility index (Phi) is 4.16. The Balaban J connectivity index is 1.95. The Hall–Kier alpha value is -1.88. The van der Waals surface area contributed by atoms with E-state index in [1.807, 2.05) is 25.1 Å². The second-order valence-electron chi connectivity index (χ2n) is 4.81. The number of aryl methyl sites for hydroxylation is 2. The molecule has 0 saturated carbocycles. The highest BCUT2D eigenvalue weighted by molar-refractivity contribution is 5.79. The van der Waals surface area contributed by atoms with Crippen LogP contribution in [0.3, 0.4) is 0 Å². The van der Waals surface area contributed by atoms with Crippen LogP contribution in [0.5, 0.6) is 0 Å². The van der Waals surface area contributed by atoms with Crippen LogP contribution in [0.4, 0.5) is 0 Å². The van der Waals surface area contributed by atoms with Crippen molar-refractivity contribution >= 4 is 16.9 Å². The highest BCUT2D eigenvalue weighted by atomic mass is 16.3. The lowest BCUT2D eigenvalue weighted by atomic mass is 10.2. The van der Waals surface area contributed by atoms with Gasteiger partial charge in [-0.3, -0.25) is 4.79 Å². The normalized spacial score (nSPS) is 12.6. The number of hydrogen-bond acceptors (Lipinski definition) is 3. The molecule has 2 aromatic rings. The number of nitrogens with zero attached hydrogens (tertiary/aromatic N) is 1. The van der Waals surface area contributed by atoms with Crippen LogP contribution in [0.2, 0.25) is 0 Å². The molecule has 19 heavy (non-hydrogen) atoms. The Morgan fingerprint density at radius 1 is 1.53 bits per heavy atom. The van der Waals surface area contributed by atoms with Gasteiger partial charge in [0.2, 0.25) is 5.91 Å². The fourth-order valence-corrected chi connectivity index (χ4v) is 1.93. The minimum Gasteiger partial charge on any atom is -0.392 e. The number of rotatable bonds is 5. The summed E-state index contributed by atoms with van der Waals surface area (Å²) in [7, 11) is 0. The molecule has 3 N–H and O–H groups in total. The second kappa shape index (κ2) is 5.84. The molecular formula is C14H19N3O2. The maximum Gasteiger partial charge on any atom is 0.220 e. The van der Waals surface area contributed by atoms with Crippen LogP contribution in [0, 0.1) is 6.92 Å². The van der Waals surface area contributed by atoms with Crippen molar-refractivity contribution in [3.8, 4) is 0 Å². The molecule has 0 aliphatic heterocycles. The first-order chi connectivity index (χ1) is 9.06. The van der Waals surface area contributed by atoms with Crippen molar-refractivity contribution in [2.24, 2.45) is 0 Å². The smallest absolute Gasteiger partial charge is 0.220 e. The van der Waals surface area contributed by atoms with Gasteiger partial charge in [-0.2, -0.15) is 0 Å². The van der Waals surface area contributed by atoms with Crippen molar-refractivity contribution in [2.45, 2.75) is 32.8 Å². The summed E-state index contributed by atoms with van der Waals surface area (Å²) in [6, 6.07) is 5.98. The van der Waals surface area contributed by atoms with Crippen LogP contribution in [-0.2, 0) is 11.2 Å². The molecule has 1 amide bonds. The molecule has 2 rings (SSSR count). The van der Waals surface area contributed by atoms with E-state index in [9.17, 15) is 4.79 Å². The number of benzene rings is 1. The number of fused-ring (bicyclic) bond motifs is 1. The monoisotopic (exact) mass is 261 g/mol. The molecule has 0 bridgehead atoms. The van der Waals surface area contributed by atoms with E-state index in [4.69, 9.17) is 5.11 Å². The van der Waals surface area contributed by atoms with Crippen LogP contribution in [0.1, 0.15) is 24.7 Å². The molecule has 0 fully saturated rings. The van der Waals surface area contributed by atoms with Crippen molar-refractivity contribution < 1.29 is 9.90 Å². The predicted octanol–water partition coefficient (Wildman–Crippen LogP) is 1.30. The Bertz CT molecular complexity index is 575. The summed E-state index contributed by atoms with van der Waals surface area (Å²) in [5.74, 6) is 0.745. The summed E-state index contributed by atoms with van der Waals surface area (Å²) in [5.41, 5.74) is 3.08. The molecule has 0 saturated heterocycles. The summed E-state index contributed by atoms with van der Waals surface area (Å²) in [6.07, 6.45) is 0.420. The van der Waals surface area contributed by atoms with E-state index >= 15 is 0 Å². The van der Waals surface area contributed by atoms with Crippen molar-refractivity contribution in [2.75, 3.05) is 6.54 Å². The van der Waals surface area contributed by atoms with Crippen molar-refractivity contribution in [1.82, 2.24) is 15.3 Å². The van der Waals surface area contributed by atoms with Gasteiger partial charge in [-0.1, -0.05) is 12.1 Å². The first-order valence-electron chi connectivity index (χ1n) is 6.45. The number of aromatic nitrogens is 2. The third kappa shape index (κ3) is 3.54. The topological polar surface area (TPSA) is 78.0 Å². The van der Waals surface area contributed by atoms with Crippen molar-refractivity contribution in [3.05, 3.63) is 29.6 Å². The standard InChI is InChI=1S/C14H19N3O2/c1-9-4-3-5-11-14(9)17-12(16-11)6-7-13(19)15-8-10(2)18/h3-5,10,18H,6-8H2,1-2H3,(H,15,19)(H,16,17). The van der Waals surface area contributed by atoms with Crippen LogP contribution >= 0.6 is 0 Å². The van der Waals surface area contributed by atoms with Crippen molar-refractivity contribution in [3.63, 3.8) is 0 Å². The summed E-state index contributed by atoms with van der Waals surface area (Å²) in [5, 5.41) is 11.7. The largest absolute Gasteiger partial charge is 0.392 e. The Labute approximate surface area is 112 Å². The van der Waals surface area contributed by atoms with E-state index in [1.54, 1.807) is 6.92 Å². The SMILES string of the molecule is Cc1cccc2[nH]c(CCC(=O)NCC(C)O)nc12. The zero-order chi connectivity index (χ0) is 13.8. The molecule has 1 unspecified atom stereocenters. The highest BCUT2D eigenvalue weighted by Crippen LogP contribution is 2.15. The number of nitrogens with one attached hydrogen (secondary N) is 2. The number of aliphatic hydroxyl groups excluding tert-OH is 1. The van der Waals surface area contributed by atoms with E-state index in [0.717, 1.165) is 22.4 Å². The number of carbonyl (C=O) groups is 1. The number of imidazole rings is 1. The molecule has 5 nitrogen and oxygen atoms in total. The van der Waals surface area contributed by atoms with Gasteiger partial charge >= 0.3 is 0 Å². The quantitative estimate of drug-likeness (QED) is 0.759. The molecule has 5 heteroatoms. The zero-order valence-corrected chi connectivity index (χ0v) is 11.2. The highest BCUT2D eigenvalue weighted by Gasteiger charge is 2.08. The van der Waals surface area contributed by atoms with Gasteiger partial charge in [0.25, 0.3) is 0 Å². The lowest BCUT2D eigenvalue weighted by Crippen LogP contribution is -2.30. The van der Waals surface area contributed by atoms with Crippen LogP contribution in [0.25, 0.3) is 11.0 Å². The number of carbonyl (C=O) groups excluding carboxylic acids is 1. The Morgan fingerprint density at radius 2 is 2.32 bits per heavy atom. The molecule has 1 aromatic carbocycles. The number of hydrogen-bond donors (Lipinski definition) is 3. The maximum atomic E-state index is 11.5. The lowest BCUT2D eigenvalue weighted by Gasteiger charge is -2.05. The van der Waals surface area contributed by atoms with Gasteiger partial charge in [0, 0.05) is 19.4 Å². The van der Waals surface area contributed by atoms with E-state index in [0.29, 0.717) is 12.8 Å². The molecule has 1 atom stereocenters. The third-order valence-electron chi connectivity index (χ3n) is 2.95. The van der Waals surface area contributed by atoms with Crippen LogP contribution in [0.15, 0.2) is 18.2 Å². The maximum absolute atomic E-state index is 11.5. The van der Waals surface area contributed by atoms with E-state index in [2.05, 4.69) is 15.3 Å². The molecule has 1 heterocycles. The van der Waals surface area contributed by atoms with Gasteiger partial charge in [-0.05, 0) is 25.5 Å². The van der Waals surface area contributed by atoms with Crippen LogP contribution in [-0.4, -0.2) is 33.6 Å². The fraction of sp³-hybridized carbons (Fsp3) is 0.429. The van der Waals surface area contributed by atoms with Gasteiger partial charge in [0.15, 0.2) is 0 Å². The average Bonchev–Trinajstić information content (AvgIpc) is 2.78. The number of aliphatic hydroxyl groups is 1. The molecule has 0 aliphatic carbocycles. The summed E-state index contributed by atoms with van der Waals surface area (Å²) in [6.45, 7) is 3.95. The van der Waals surface area contributed by atoms with E-state index < -0.39 is 6.10 Å². The number of para-hydroxylation sites is 1. The summed E-state index contributed by atoms with van der Waals surface area (Å²) in [4.78, 5) is 19.2. The number of aromatic amines is 1. The van der Waals surface area contributed by atoms with Crippen molar-refractivity contribution in [1.29, 1.82) is 0 Å². The number of amides is 1. The third-order valence-corrected chi connectivity index (χ3v) is 2.95. The second-order valence-corrected chi connectivity index (χ2v) is 4.81. The van der Waals surface area contributed by atoms with Gasteiger partial charge in [0.1, 0.15) is 5.82 Å². The van der Waals surface area contributed by atoms with Crippen LogP contribution < -0.4 is 5.32 Å². The van der Waals surface area contributed by atoms with Gasteiger partial charge in [-0.25, -0.2) is 4.98 Å². The molecule has 102 valence electrons. The lowest BCUT2D eigenvalue weighted by molar-refractivity contribution is -0.121. The molecule has 0 spiro atoms. The van der Waals surface area contributed by atoms with Gasteiger partial charge in [0.05, 0.1) is 17.1 Å². The number of H-pyrrole nitrogens is 1. The summed E-state index contributed by atoms with van der Waals surface area (Å²) >= 11 is 0. The Morgan fingerprint density at radius 3 is 3.00 bits per heavy atom. The minimum absolute atomic E-state index is 0.0712. The van der Waals surface area contributed by atoms with E-state index in [1.165, 1.54) is 0 Å². The predicted molar refractivity (Wildman–Crippen MR) is 73.8 cm³/mol. The summed E-state index contributed by atoms with van der Waals surface area (Å²) < 4.78 is 0. The minimum atomic E-state index is -0.516. The molecule has 1 aromatic heterocycles. The molecule has 0 radical (unpaired) electrons. The zero-order valence-electron chi connectivity index (χ0n) is 11.2. The molecule has 0 aliphatic rings. The first kappa shape index (κ1) is 13.5. The van der Waals surface area contributed by atoms with Gasteiger partial charge < -0.3 is 15.4 Å². The fourth-order valence-electron chi connectivity index (χ4n) is 1.93. The molecular weight excluding hydrogens is 242 g/mol. The average molecular weight is 261 g/mol. The van der Waals surface area contributed by atoms with E-state index in [-0.39, 0.29) is 12.5 Å².